The fraction of sp³-hybridized carbons (Fsp3) is 0.526. The lowest BCUT2D eigenvalue weighted by molar-refractivity contribution is 0.421. The Morgan fingerprint density at radius 3 is 2.12 bits per heavy atom. The van der Waals surface area contributed by atoms with Crippen molar-refractivity contribution in [3.05, 3.63) is 42.2 Å². The molecule has 0 spiro atoms. The second-order valence-electron chi connectivity index (χ2n) is 7.69. The van der Waals surface area contributed by atoms with Gasteiger partial charge in [-0.25, -0.2) is 13.1 Å². The van der Waals surface area contributed by atoms with Crippen LogP contribution in [0.25, 0.3) is 5.69 Å². The molecule has 2 heterocycles. The van der Waals surface area contributed by atoms with Crippen LogP contribution in [0.1, 0.15) is 52.1 Å². The van der Waals surface area contributed by atoms with Crippen molar-refractivity contribution in [3.8, 4) is 5.69 Å². The fourth-order valence-electron chi connectivity index (χ4n) is 3.20. The van der Waals surface area contributed by atoms with E-state index < -0.39 is 10.0 Å². The van der Waals surface area contributed by atoms with Crippen molar-refractivity contribution in [2.45, 2.75) is 56.8 Å². The summed E-state index contributed by atoms with van der Waals surface area (Å²) in [6.45, 7) is 7.22. The lowest BCUT2D eigenvalue weighted by atomic mass is 9.92. The lowest BCUT2D eigenvalue weighted by Gasteiger charge is -2.22. The molecule has 3 rings (SSSR count). The Hall–Kier alpha value is -1.66. The Balaban J connectivity index is 2.09. The Bertz CT molecular complexity index is 812. The zero-order valence-corrected chi connectivity index (χ0v) is 16.1. The highest BCUT2D eigenvalue weighted by molar-refractivity contribution is 7.89. The first-order valence-electron chi connectivity index (χ1n) is 8.96. The van der Waals surface area contributed by atoms with Gasteiger partial charge in [-0.3, -0.25) is 0 Å². The number of benzene rings is 1. The summed E-state index contributed by atoms with van der Waals surface area (Å²) in [5.74, 6) is 0. The Morgan fingerprint density at radius 2 is 1.56 bits per heavy atom. The highest BCUT2D eigenvalue weighted by Crippen LogP contribution is 2.31. The minimum absolute atomic E-state index is 0.339. The predicted molar refractivity (Wildman–Crippen MR) is 99.5 cm³/mol. The van der Waals surface area contributed by atoms with Crippen molar-refractivity contribution in [1.82, 2.24) is 14.1 Å². The first-order chi connectivity index (χ1) is 11.8. The van der Waals surface area contributed by atoms with Gasteiger partial charge in [0.15, 0.2) is 0 Å². The van der Waals surface area contributed by atoms with E-state index in [9.17, 15) is 8.42 Å². The van der Waals surface area contributed by atoms with E-state index >= 15 is 0 Å². The van der Waals surface area contributed by atoms with E-state index in [1.807, 2.05) is 51.1 Å². The average Bonchev–Trinajstić information content (AvgIpc) is 2.86. The molecule has 1 saturated heterocycles. The van der Waals surface area contributed by atoms with Crippen molar-refractivity contribution < 1.29 is 8.42 Å². The molecule has 1 aliphatic heterocycles. The molecule has 5 nitrogen and oxygen atoms in total. The summed E-state index contributed by atoms with van der Waals surface area (Å²) < 4.78 is 30.0. The van der Waals surface area contributed by atoms with Crippen LogP contribution in [0.4, 0.5) is 0 Å². The molecule has 1 aliphatic rings. The van der Waals surface area contributed by atoms with E-state index in [1.165, 1.54) is 0 Å². The molecule has 1 fully saturated rings. The minimum Gasteiger partial charge on any atom is -0.239 e. The SMILES string of the molecule is CC(C)(C)c1nn(-c2ccccc2)cc1S(=O)(=O)N1CCCCCC1. The second-order valence-corrected chi connectivity index (χ2v) is 9.60. The normalized spacial score (nSPS) is 17.4. The van der Waals surface area contributed by atoms with Crippen LogP contribution < -0.4 is 0 Å². The zero-order valence-electron chi connectivity index (χ0n) is 15.3. The third-order valence-electron chi connectivity index (χ3n) is 4.59. The summed E-state index contributed by atoms with van der Waals surface area (Å²) >= 11 is 0. The molecule has 0 atom stereocenters. The first kappa shape index (κ1) is 18.1. The van der Waals surface area contributed by atoms with Crippen LogP contribution in [0.2, 0.25) is 0 Å². The van der Waals surface area contributed by atoms with Gasteiger partial charge in [0.1, 0.15) is 4.90 Å². The number of hydrogen-bond acceptors (Lipinski definition) is 3. The molecule has 0 aliphatic carbocycles. The van der Waals surface area contributed by atoms with Crippen LogP contribution in [0, 0.1) is 0 Å². The van der Waals surface area contributed by atoms with Gasteiger partial charge in [-0.1, -0.05) is 51.8 Å². The standard InChI is InChI=1S/C19H27N3O2S/c1-19(2,3)18-17(15-22(20-18)16-11-7-6-8-12-16)25(23,24)21-13-9-4-5-10-14-21/h6-8,11-12,15H,4-5,9-10,13-14H2,1-3H3. The fourth-order valence-corrected chi connectivity index (χ4v) is 5.04. The van der Waals surface area contributed by atoms with Crippen LogP contribution in [0.15, 0.2) is 41.4 Å². The Morgan fingerprint density at radius 1 is 0.960 bits per heavy atom. The maximum atomic E-state index is 13.3. The van der Waals surface area contributed by atoms with Crippen molar-refractivity contribution in [2.75, 3.05) is 13.1 Å². The summed E-state index contributed by atoms with van der Waals surface area (Å²) in [5, 5.41) is 4.65. The highest BCUT2D eigenvalue weighted by atomic mass is 32.2. The quantitative estimate of drug-likeness (QED) is 0.837. The van der Waals surface area contributed by atoms with E-state index in [2.05, 4.69) is 5.10 Å². The van der Waals surface area contributed by atoms with E-state index in [-0.39, 0.29) is 5.41 Å². The molecule has 1 aromatic heterocycles. The summed E-state index contributed by atoms with van der Waals surface area (Å²) in [4.78, 5) is 0.339. The monoisotopic (exact) mass is 361 g/mol. The van der Waals surface area contributed by atoms with E-state index in [0.717, 1.165) is 31.4 Å². The van der Waals surface area contributed by atoms with Gasteiger partial charge in [-0.05, 0) is 25.0 Å². The van der Waals surface area contributed by atoms with E-state index in [0.29, 0.717) is 23.7 Å². The summed E-state index contributed by atoms with van der Waals surface area (Å²) in [7, 11) is -3.54. The number of sulfonamides is 1. The van der Waals surface area contributed by atoms with E-state index in [1.54, 1.807) is 15.2 Å². The van der Waals surface area contributed by atoms with Crippen LogP contribution in [-0.2, 0) is 15.4 Å². The predicted octanol–water partition coefficient (Wildman–Crippen LogP) is 3.73. The third kappa shape index (κ3) is 3.80. The van der Waals surface area contributed by atoms with Crippen LogP contribution in [0.5, 0.6) is 0 Å². The van der Waals surface area contributed by atoms with Crippen molar-refractivity contribution in [2.24, 2.45) is 0 Å². The lowest BCUT2D eigenvalue weighted by Crippen LogP contribution is -2.33. The Kier molecular flexibility index (Phi) is 5.02. The van der Waals surface area contributed by atoms with Gasteiger partial charge in [0.25, 0.3) is 0 Å². The zero-order chi connectivity index (χ0) is 18.1. The van der Waals surface area contributed by atoms with Gasteiger partial charge in [0.05, 0.1) is 17.6 Å². The van der Waals surface area contributed by atoms with Gasteiger partial charge in [-0.15, -0.1) is 0 Å². The molecule has 136 valence electrons. The Labute approximate surface area is 150 Å². The molecular weight excluding hydrogens is 334 g/mol. The van der Waals surface area contributed by atoms with Gasteiger partial charge < -0.3 is 0 Å². The smallest absolute Gasteiger partial charge is 0.239 e. The molecule has 6 heteroatoms. The number of hydrogen-bond donors (Lipinski definition) is 0. The van der Waals surface area contributed by atoms with Crippen LogP contribution >= 0.6 is 0 Å². The molecule has 0 radical (unpaired) electrons. The number of aromatic nitrogens is 2. The number of nitrogens with zero attached hydrogens (tertiary/aromatic N) is 3. The summed E-state index contributed by atoms with van der Waals surface area (Å²) in [6, 6.07) is 9.66. The molecule has 2 aromatic rings. The molecule has 0 saturated carbocycles. The largest absolute Gasteiger partial charge is 0.246 e. The first-order valence-corrected chi connectivity index (χ1v) is 10.4. The molecule has 0 amide bonds. The second kappa shape index (κ2) is 6.92. The van der Waals surface area contributed by atoms with Crippen molar-refractivity contribution in [1.29, 1.82) is 0 Å². The molecule has 1 aromatic carbocycles. The summed E-state index contributed by atoms with van der Waals surface area (Å²) in [5.41, 5.74) is 1.14. The van der Waals surface area contributed by atoms with Gasteiger partial charge >= 0.3 is 0 Å². The van der Waals surface area contributed by atoms with E-state index in [4.69, 9.17) is 0 Å². The maximum Gasteiger partial charge on any atom is 0.246 e. The van der Waals surface area contributed by atoms with Gasteiger partial charge in [-0.2, -0.15) is 9.40 Å². The molecular formula is C19H27N3O2S. The van der Waals surface area contributed by atoms with Gasteiger partial charge in [0.2, 0.25) is 10.0 Å². The molecule has 0 N–H and O–H groups in total. The molecule has 25 heavy (non-hydrogen) atoms. The van der Waals surface area contributed by atoms with Crippen LogP contribution in [0.3, 0.4) is 0 Å². The maximum absolute atomic E-state index is 13.3. The summed E-state index contributed by atoms with van der Waals surface area (Å²) in [6.07, 6.45) is 5.73. The molecule has 0 bridgehead atoms. The topological polar surface area (TPSA) is 55.2 Å². The average molecular weight is 362 g/mol. The number of para-hydroxylation sites is 1. The molecule has 0 unspecified atom stereocenters. The third-order valence-corrected chi connectivity index (χ3v) is 6.49. The van der Waals surface area contributed by atoms with Crippen LogP contribution in [-0.4, -0.2) is 35.6 Å². The van der Waals surface area contributed by atoms with Crippen molar-refractivity contribution in [3.63, 3.8) is 0 Å². The number of rotatable bonds is 3. The van der Waals surface area contributed by atoms with Crippen molar-refractivity contribution >= 4 is 10.0 Å². The highest BCUT2D eigenvalue weighted by Gasteiger charge is 2.34. The van der Waals surface area contributed by atoms with Gasteiger partial charge in [0, 0.05) is 18.5 Å². The minimum atomic E-state index is -3.54.